The molecule has 0 radical (unpaired) electrons. The minimum Gasteiger partial charge on any atom is -0.504 e. The van der Waals surface area contributed by atoms with Crippen molar-refractivity contribution in [3.8, 4) is 11.5 Å². The molecule has 1 aromatic carbocycles. The van der Waals surface area contributed by atoms with Crippen LogP contribution in [0.25, 0.3) is 0 Å². The smallest absolute Gasteiger partial charge is 0.407 e. The molecule has 6 nitrogen and oxygen atoms in total. The minimum absolute atomic E-state index is 0.0541. The normalized spacial score (nSPS) is 13.0. The average Bonchev–Trinajstić information content (AvgIpc) is 2.40. The first-order valence-corrected chi connectivity index (χ1v) is 7.79. The molecular formula is C17H28N2O4. The second kappa shape index (κ2) is 8.06. The van der Waals surface area contributed by atoms with Crippen LogP contribution in [0.1, 0.15) is 40.2 Å². The van der Waals surface area contributed by atoms with E-state index in [2.05, 4.69) is 24.5 Å². The van der Waals surface area contributed by atoms with Crippen LogP contribution in [0, 0.1) is 5.92 Å². The van der Waals surface area contributed by atoms with E-state index in [1.54, 1.807) is 6.07 Å². The lowest BCUT2D eigenvalue weighted by Gasteiger charge is -2.25. The number of nitrogens with one attached hydrogen (secondary N) is 2. The molecule has 0 saturated carbocycles. The molecule has 1 rings (SSSR count). The Morgan fingerprint density at radius 1 is 1.22 bits per heavy atom. The maximum atomic E-state index is 11.7. The Balaban J connectivity index is 2.52. The number of benzene rings is 1. The molecule has 0 spiro atoms. The van der Waals surface area contributed by atoms with Gasteiger partial charge in [-0.1, -0.05) is 19.9 Å². The van der Waals surface area contributed by atoms with Crippen LogP contribution in [0.3, 0.4) is 0 Å². The Kier molecular flexibility index (Phi) is 6.69. The first-order chi connectivity index (χ1) is 10.6. The van der Waals surface area contributed by atoms with Gasteiger partial charge in [0, 0.05) is 19.1 Å². The van der Waals surface area contributed by atoms with Crippen molar-refractivity contribution in [1.29, 1.82) is 0 Å². The fraction of sp³-hybridized carbons (Fsp3) is 0.588. The van der Waals surface area contributed by atoms with Gasteiger partial charge in [0.05, 0.1) is 0 Å². The number of hydrogen-bond acceptors (Lipinski definition) is 5. The van der Waals surface area contributed by atoms with Gasteiger partial charge < -0.3 is 25.6 Å². The van der Waals surface area contributed by atoms with Crippen molar-refractivity contribution in [3.05, 3.63) is 23.8 Å². The van der Waals surface area contributed by atoms with Crippen molar-refractivity contribution < 1.29 is 19.7 Å². The Morgan fingerprint density at radius 3 is 2.39 bits per heavy atom. The number of alkyl carbamates (subject to hydrolysis) is 1. The van der Waals surface area contributed by atoms with Crippen molar-refractivity contribution in [2.75, 3.05) is 6.54 Å². The Labute approximate surface area is 137 Å². The number of hydrogen-bond donors (Lipinski definition) is 4. The van der Waals surface area contributed by atoms with Crippen molar-refractivity contribution in [2.45, 2.75) is 52.8 Å². The Hall–Kier alpha value is -1.95. The van der Waals surface area contributed by atoms with E-state index in [-0.39, 0.29) is 17.5 Å². The average molecular weight is 324 g/mol. The van der Waals surface area contributed by atoms with Crippen LogP contribution in [0.2, 0.25) is 0 Å². The SMILES string of the molecule is CC(C)C(CNC(=O)OC(C)(C)C)NCc1ccc(O)c(O)c1. The van der Waals surface area contributed by atoms with Crippen LogP contribution in [-0.4, -0.2) is 34.5 Å². The van der Waals surface area contributed by atoms with Gasteiger partial charge in [0.25, 0.3) is 0 Å². The highest BCUT2D eigenvalue weighted by atomic mass is 16.6. The molecule has 6 heteroatoms. The fourth-order valence-corrected chi connectivity index (χ4v) is 1.98. The van der Waals surface area contributed by atoms with Gasteiger partial charge in [-0.3, -0.25) is 0 Å². The predicted octanol–water partition coefficient (Wildman–Crippen LogP) is 2.74. The topological polar surface area (TPSA) is 90.8 Å². The van der Waals surface area contributed by atoms with Crippen LogP contribution in [0.5, 0.6) is 11.5 Å². The van der Waals surface area contributed by atoms with E-state index in [9.17, 15) is 15.0 Å². The summed E-state index contributed by atoms with van der Waals surface area (Å²) in [6, 6.07) is 4.76. The van der Waals surface area contributed by atoms with Gasteiger partial charge in [0.15, 0.2) is 11.5 Å². The first-order valence-electron chi connectivity index (χ1n) is 7.79. The maximum absolute atomic E-state index is 11.7. The van der Waals surface area contributed by atoms with Crippen molar-refractivity contribution >= 4 is 6.09 Å². The van der Waals surface area contributed by atoms with Crippen LogP contribution in [0.4, 0.5) is 4.79 Å². The van der Waals surface area contributed by atoms with Gasteiger partial charge in [0.2, 0.25) is 0 Å². The number of rotatable bonds is 6. The second-order valence-electron chi connectivity index (χ2n) is 6.94. The highest BCUT2D eigenvalue weighted by molar-refractivity contribution is 5.67. The number of carbonyl (C=O) groups is 1. The number of ether oxygens (including phenoxy) is 1. The van der Waals surface area contributed by atoms with E-state index in [1.807, 2.05) is 20.8 Å². The summed E-state index contributed by atoms with van der Waals surface area (Å²) in [5, 5.41) is 24.9. The lowest BCUT2D eigenvalue weighted by Crippen LogP contribution is -2.45. The molecule has 0 aliphatic rings. The molecule has 4 N–H and O–H groups in total. The van der Waals surface area contributed by atoms with Crippen molar-refractivity contribution in [1.82, 2.24) is 10.6 Å². The lowest BCUT2D eigenvalue weighted by atomic mass is 10.0. The minimum atomic E-state index is -0.519. The van der Waals surface area contributed by atoms with Crippen LogP contribution < -0.4 is 10.6 Å². The maximum Gasteiger partial charge on any atom is 0.407 e. The first kappa shape index (κ1) is 19.1. The molecule has 1 aromatic rings. The van der Waals surface area contributed by atoms with Crippen LogP contribution >= 0.6 is 0 Å². The van der Waals surface area contributed by atoms with E-state index < -0.39 is 11.7 Å². The quantitative estimate of drug-likeness (QED) is 0.604. The number of aromatic hydroxyl groups is 2. The summed E-state index contributed by atoms with van der Waals surface area (Å²) >= 11 is 0. The molecular weight excluding hydrogens is 296 g/mol. The molecule has 1 amide bonds. The van der Waals surface area contributed by atoms with Crippen molar-refractivity contribution in [3.63, 3.8) is 0 Å². The number of carbonyl (C=O) groups excluding carboxylic acids is 1. The Morgan fingerprint density at radius 2 is 1.87 bits per heavy atom. The molecule has 0 aromatic heterocycles. The third-order valence-corrected chi connectivity index (χ3v) is 3.28. The van der Waals surface area contributed by atoms with Gasteiger partial charge >= 0.3 is 6.09 Å². The zero-order chi connectivity index (χ0) is 17.6. The standard InChI is InChI=1S/C17H28N2O4/c1-11(2)13(10-19-16(22)23-17(3,4)5)18-9-12-6-7-14(20)15(21)8-12/h6-8,11,13,18,20-21H,9-10H2,1-5H3,(H,19,22). The summed E-state index contributed by atoms with van der Waals surface area (Å²) in [7, 11) is 0. The third kappa shape index (κ3) is 7.23. The Bertz CT molecular complexity index is 524. The van der Waals surface area contributed by atoms with Gasteiger partial charge in [0.1, 0.15) is 5.60 Å². The highest BCUT2D eigenvalue weighted by Gasteiger charge is 2.18. The molecule has 1 unspecified atom stereocenters. The van der Waals surface area contributed by atoms with Gasteiger partial charge in [-0.2, -0.15) is 0 Å². The van der Waals surface area contributed by atoms with Gasteiger partial charge in [-0.25, -0.2) is 4.79 Å². The molecule has 0 aliphatic heterocycles. The molecule has 0 heterocycles. The second-order valence-corrected chi connectivity index (χ2v) is 6.94. The molecule has 1 atom stereocenters. The van der Waals surface area contributed by atoms with E-state index in [0.717, 1.165) is 5.56 Å². The summed E-state index contributed by atoms with van der Waals surface area (Å²) in [5.74, 6) is 0.0219. The molecule has 23 heavy (non-hydrogen) atoms. The molecule has 0 fully saturated rings. The van der Waals surface area contributed by atoms with Crippen molar-refractivity contribution in [2.24, 2.45) is 5.92 Å². The summed E-state index contributed by atoms with van der Waals surface area (Å²) < 4.78 is 5.22. The highest BCUT2D eigenvalue weighted by Crippen LogP contribution is 2.24. The van der Waals surface area contributed by atoms with E-state index in [1.165, 1.54) is 12.1 Å². The van der Waals surface area contributed by atoms with Gasteiger partial charge in [-0.15, -0.1) is 0 Å². The molecule has 130 valence electrons. The predicted molar refractivity (Wildman–Crippen MR) is 89.5 cm³/mol. The van der Waals surface area contributed by atoms with E-state index in [4.69, 9.17) is 4.74 Å². The molecule has 0 aliphatic carbocycles. The fourth-order valence-electron chi connectivity index (χ4n) is 1.98. The summed E-state index contributed by atoms with van der Waals surface area (Å²) in [5.41, 5.74) is 0.331. The van der Waals surface area contributed by atoms with Gasteiger partial charge in [-0.05, 0) is 44.4 Å². The molecule has 0 saturated heterocycles. The summed E-state index contributed by atoms with van der Waals surface area (Å²) in [4.78, 5) is 11.7. The van der Waals surface area contributed by atoms with E-state index in [0.29, 0.717) is 19.0 Å². The van der Waals surface area contributed by atoms with Crippen LogP contribution in [-0.2, 0) is 11.3 Å². The number of phenols is 2. The monoisotopic (exact) mass is 324 g/mol. The summed E-state index contributed by atoms with van der Waals surface area (Å²) in [6.07, 6.45) is -0.438. The zero-order valence-corrected chi connectivity index (χ0v) is 14.5. The van der Waals surface area contributed by atoms with E-state index >= 15 is 0 Å². The van der Waals surface area contributed by atoms with Crippen LogP contribution in [0.15, 0.2) is 18.2 Å². The zero-order valence-electron chi connectivity index (χ0n) is 14.5. The number of phenolic OH excluding ortho intramolecular Hbond substituents is 2. The summed E-state index contributed by atoms with van der Waals surface area (Å²) in [6.45, 7) is 10.5. The lowest BCUT2D eigenvalue weighted by molar-refractivity contribution is 0.0519. The number of amides is 1. The molecule has 0 bridgehead atoms. The third-order valence-electron chi connectivity index (χ3n) is 3.28. The largest absolute Gasteiger partial charge is 0.504 e.